The van der Waals surface area contributed by atoms with Gasteiger partial charge in [-0.25, -0.2) is 0 Å². The molecule has 0 amide bonds. The van der Waals surface area contributed by atoms with Gasteiger partial charge in [-0.05, 0) is 49.2 Å². The van der Waals surface area contributed by atoms with Gasteiger partial charge < -0.3 is 9.62 Å². The van der Waals surface area contributed by atoms with E-state index in [0.29, 0.717) is 0 Å². The average Bonchev–Trinajstić information content (AvgIpc) is 3.43. The maximum atomic E-state index is 7.50. The number of para-hydroxylation sites is 2. The minimum Gasteiger partial charge on any atom is 0 e. The molecule has 207 valence electrons. The monoisotopic (exact) mass is 761 g/mol. The van der Waals surface area contributed by atoms with Gasteiger partial charge in [-0.15, -0.1) is 0 Å². The molecule has 1 heterocycles. The summed E-state index contributed by atoms with van der Waals surface area (Å²) in [5.41, 5.74) is 2.58. The summed E-state index contributed by atoms with van der Waals surface area (Å²) in [5, 5.41) is 5.63. The Bertz CT molecular complexity index is 1330. The van der Waals surface area contributed by atoms with E-state index in [0.717, 1.165) is 12.6 Å². The van der Waals surface area contributed by atoms with Gasteiger partial charge in [0, 0.05) is 43.7 Å². The third kappa shape index (κ3) is 8.18. The standard InChI is InChI=1S/C32H28BN2P2.2CO.Os/c1-5-15-27(16-6-1)36(28-17-7-2-8-18-28)25-34-31-23-13-14-24-32(31)35(33-34)26-37(29-19-9-3-10-20-29)30-21-11-4-12-22-30;2*1-2;/h1-24H,25-26H2;;;. The van der Waals surface area contributed by atoms with Gasteiger partial charge in [0.1, 0.15) is 0 Å². The van der Waals surface area contributed by atoms with Crippen molar-refractivity contribution in [2.24, 2.45) is 0 Å². The molecule has 1 radical (unpaired) electrons. The second kappa shape index (κ2) is 17.6. The molecule has 0 N–H and O–H groups in total. The summed E-state index contributed by atoms with van der Waals surface area (Å²) in [4.78, 5) is 4.95. The first kappa shape index (κ1) is 33.2. The number of anilines is 2. The molecule has 4 nitrogen and oxygen atoms in total. The molecule has 6 rings (SSSR count). The fraction of sp³-hybridized carbons (Fsp3) is 0.0588. The van der Waals surface area contributed by atoms with Crippen LogP contribution in [0.5, 0.6) is 0 Å². The molecular formula is C34H28BN2O2OsP2. The Morgan fingerprint density at radius 3 is 0.929 bits per heavy atom. The Morgan fingerprint density at radius 2 is 0.667 bits per heavy atom. The molecule has 0 bridgehead atoms. The van der Waals surface area contributed by atoms with Gasteiger partial charge in [-0.3, -0.25) is 0 Å². The van der Waals surface area contributed by atoms with Crippen LogP contribution in [0.4, 0.5) is 11.4 Å². The molecule has 0 fully saturated rings. The van der Waals surface area contributed by atoms with E-state index in [4.69, 9.17) is 9.30 Å². The first-order chi connectivity index (χ1) is 20.4. The van der Waals surface area contributed by atoms with Crippen LogP contribution in [0.2, 0.25) is 0 Å². The van der Waals surface area contributed by atoms with Crippen molar-refractivity contribution in [2.75, 3.05) is 22.2 Å². The van der Waals surface area contributed by atoms with Gasteiger partial charge in [0.25, 0.3) is 0 Å². The van der Waals surface area contributed by atoms with Crippen LogP contribution in [0.25, 0.3) is 0 Å². The van der Waals surface area contributed by atoms with E-state index < -0.39 is 15.8 Å². The van der Waals surface area contributed by atoms with Crippen LogP contribution in [0.3, 0.4) is 0 Å². The molecule has 0 saturated heterocycles. The summed E-state index contributed by atoms with van der Waals surface area (Å²) >= 11 is 0. The van der Waals surface area contributed by atoms with Crippen LogP contribution in [-0.4, -0.2) is 20.1 Å². The predicted octanol–water partition coefficient (Wildman–Crippen LogP) is 5.95. The van der Waals surface area contributed by atoms with Crippen molar-refractivity contribution in [3.8, 4) is 0 Å². The van der Waals surface area contributed by atoms with Crippen LogP contribution in [0.15, 0.2) is 146 Å². The third-order valence-electron chi connectivity index (χ3n) is 6.64. The summed E-state index contributed by atoms with van der Waals surface area (Å²) < 4.78 is 15.0. The number of benzene rings is 5. The molecule has 42 heavy (non-hydrogen) atoms. The van der Waals surface area contributed by atoms with E-state index in [-0.39, 0.29) is 19.8 Å². The number of rotatable bonds is 8. The second-order valence-corrected chi connectivity index (χ2v) is 13.4. The Hall–Kier alpha value is -3.26. The normalized spacial score (nSPS) is 11.2. The Labute approximate surface area is 265 Å². The summed E-state index contributed by atoms with van der Waals surface area (Å²) in [7, 11) is 1.27. The molecule has 5 aromatic rings. The van der Waals surface area contributed by atoms with Crippen LogP contribution in [-0.2, 0) is 29.1 Å². The maximum Gasteiger partial charge on any atom is 0 e. The van der Waals surface area contributed by atoms with Crippen molar-refractivity contribution in [1.29, 1.82) is 0 Å². The Morgan fingerprint density at radius 1 is 0.429 bits per heavy atom. The van der Waals surface area contributed by atoms with Gasteiger partial charge in [0.2, 0.25) is 0 Å². The Balaban J connectivity index is 0.000000929. The van der Waals surface area contributed by atoms with E-state index in [2.05, 4.69) is 176 Å². The van der Waals surface area contributed by atoms with Crippen molar-refractivity contribution >= 4 is 56.0 Å². The molecule has 0 aromatic heterocycles. The molecule has 0 unspecified atom stereocenters. The summed E-state index contributed by atoms with van der Waals surface area (Å²) in [6.45, 7) is 9.00. The zero-order chi connectivity index (χ0) is 28.9. The van der Waals surface area contributed by atoms with Crippen LogP contribution in [0, 0.1) is 13.3 Å². The maximum absolute atomic E-state index is 7.50. The molecule has 8 heteroatoms. The summed E-state index contributed by atoms with van der Waals surface area (Å²) in [5.74, 6) is 0. The SMILES string of the molecule is [B]1N(CP(c2ccccc2)c2ccccc2)c2ccccc2N1CP(c1ccccc1)c1ccccc1.[C-]#[O+].[C-]#[O+].[Os]. The number of fused-ring (bicyclic) bond motifs is 1. The van der Waals surface area contributed by atoms with Crippen molar-refractivity contribution < 1.29 is 29.1 Å². The van der Waals surface area contributed by atoms with Crippen LogP contribution in [0.1, 0.15) is 0 Å². The van der Waals surface area contributed by atoms with Gasteiger partial charge in [-0.1, -0.05) is 133 Å². The van der Waals surface area contributed by atoms with E-state index in [1.165, 1.54) is 32.6 Å². The fourth-order valence-electron chi connectivity index (χ4n) is 4.83. The summed E-state index contributed by atoms with van der Waals surface area (Å²) in [6.07, 6.45) is 1.90. The zero-order valence-corrected chi connectivity index (χ0v) is 27.1. The first-order valence-electron chi connectivity index (χ1n) is 13.0. The minimum absolute atomic E-state index is 0. The van der Waals surface area contributed by atoms with Gasteiger partial charge in [0.05, 0.1) is 0 Å². The van der Waals surface area contributed by atoms with Crippen molar-refractivity contribution in [2.45, 2.75) is 0 Å². The first-order valence-corrected chi connectivity index (χ1v) is 16.1. The molecule has 1 aliphatic heterocycles. The van der Waals surface area contributed by atoms with Gasteiger partial charge in [0.15, 0.2) is 0 Å². The number of hydrogen-bond donors (Lipinski definition) is 0. The Kier molecular flexibility index (Phi) is 14.0. The average molecular weight is 760 g/mol. The van der Waals surface area contributed by atoms with E-state index in [9.17, 15) is 0 Å². The molecule has 1 aliphatic rings. The zero-order valence-electron chi connectivity index (χ0n) is 22.8. The van der Waals surface area contributed by atoms with E-state index in [1.54, 1.807) is 0 Å². The summed E-state index contributed by atoms with van der Waals surface area (Å²) in [6, 6.07) is 52.8. The topological polar surface area (TPSA) is 46.3 Å². The largest absolute Gasteiger partial charge is 0 e. The third-order valence-corrected chi connectivity index (χ3v) is 11.5. The number of hydrogen-bond acceptors (Lipinski definition) is 2. The number of nitrogens with zero attached hydrogens (tertiary/aromatic N) is 2. The van der Waals surface area contributed by atoms with Crippen molar-refractivity contribution in [3.05, 3.63) is 159 Å². The van der Waals surface area contributed by atoms with Gasteiger partial charge in [-0.2, -0.15) is 0 Å². The van der Waals surface area contributed by atoms with Crippen molar-refractivity contribution in [3.63, 3.8) is 0 Å². The van der Waals surface area contributed by atoms with Crippen LogP contribution < -0.4 is 30.8 Å². The minimum atomic E-state index is -0.540. The van der Waals surface area contributed by atoms with E-state index >= 15 is 0 Å². The molecule has 5 aromatic carbocycles. The van der Waals surface area contributed by atoms with Crippen LogP contribution >= 0.6 is 15.8 Å². The van der Waals surface area contributed by atoms with E-state index in [1.807, 2.05) is 0 Å². The molecule has 0 atom stereocenters. The van der Waals surface area contributed by atoms with Crippen molar-refractivity contribution in [1.82, 2.24) is 0 Å². The molecular weight excluding hydrogens is 731 g/mol. The smallest absolute Gasteiger partial charge is 0 e. The second-order valence-electron chi connectivity index (χ2n) is 9.02. The van der Waals surface area contributed by atoms with Gasteiger partial charge >= 0.3 is 30.2 Å². The quantitative estimate of drug-likeness (QED) is 0.0851. The molecule has 0 spiro atoms. The predicted molar refractivity (Wildman–Crippen MR) is 173 cm³/mol. The molecule has 0 saturated carbocycles. The molecule has 0 aliphatic carbocycles. The fourth-order valence-corrected chi connectivity index (χ4v) is 9.27.